The van der Waals surface area contributed by atoms with Crippen molar-refractivity contribution in [3.05, 3.63) is 65.2 Å². The number of nitrogens with one attached hydrogen (secondary N) is 2. The second kappa shape index (κ2) is 16.3. The second-order valence-electron chi connectivity index (χ2n) is 10.7. The number of hydrogen-bond acceptors (Lipinski definition) is 5. The molecule has 3 atom stereocenters. The average molecular weight is 575 g/mol. The Morgan fingerprint density at radius 1 is 1.10 bits per heavy atom. The highest BCUT2D eigenvalue weighted by atomic mass is 19.1. The molecule has 1 unspecified atom stereocenters. The molecule has 1 heterocycles. The molecule has 3 amide bonds. The van der Waals surface area contributed by atoms with Gasteiger partial charge in [-0.2, -0.15) is 0 Å². The van der Waals surface area contributed by atoms with Gasteiger partial charge in [0.05, 0.1) is 25.2 Å². The predicted molar refractivity (Wildman–Crippen MR) is 155 cm³/mol. The topological polar surface area (TPSA) is 94.1 Å². The molecule has 1 saturated heterocycles. The number of halogens is 2. The van der Waals surface area contributed by atoms with Crippen LogP contribution in [0.1, 0.15) is 50.7 Å². The first-order valence-electron chi connectivity index (χ1n) is 14.5. The number of ether oxygens (including phenoxy) is 1. The first-order valence-corrected chi connectivity index (χ1v) is 14.5. The Hall–Kier alpha value is -3.24. The molecular formula is C31H44F2N4O4. The van der Waals surface area contributed by atoms with Gasteiger partial charge >= 0.3 is 6.03 Å². The summed E-state index contributed by atoms with van der Waals surface area (Å²) >= 11 is 0. The van der Waals surface area contributed by atoms with E-state index >= 15 is 0 Å². The summed E-state index contributed by atoms with van der Waals surface area (Å²) < 4.78 is 33.1. The minimum Gasteiger partial charge on any atom is -0.497 e. The van der Waals surface area contributed by atoms with Gasteiger partial charge in [0.2, 0.25) is 5.91 Å². The number of aliphatic hydroxyl groups is 1. The summed E-state index contributed by atoms with van der Waals surface area (Å²) in [6.45, 7) is 6.82. The molecule has 0 aliphatic carbocycles. The van der Waals surface area contributed by atoms with Crippen LogP contribution in [0.25, 0.3) is 0 Å². The minimum absolute atomic E-state index is 0.0272. The fourth-order valence-corrected chi connectivity index (χ4v) is 5.30. The number of methoxy groups -OCH3 is 1. The third kappa shape index (κ3) is 9.97. The molecule has 2 aromatic carbocycles. The van der Waals surface area contributed by atoms with Gasteiger partial charge in [-0.15, -0.1) is 0 Å². The highest BCUT2D eigenvalue weighted by Crippen LogP contribution is 2.20. The van der Waals surface area contributed by atoms with Crippen molar-refractivity contribution in [2.24, 2.45) is 5.92 Å². The van der Waals surface area contributed by atoms with E-state index in [-0.39, 0.29) is 24.8 Å². The molecule has 0 radical (unpaired) electrons. The number of carbonyl (C=O) groups is 2. The Kier molecular flexibility index (Phi) is 12.8. The number of aliphatic hydroxyl groups excluding tert-OH is 1. The molecule has 226 valence electrons. The van der Waals surface area contributed by atoms with Crippen LogP contribution in [0.4, 0.5) is 13.6 Å². The van der Waals surface area contributed by atoms with Crippen molar-refractivity contribution in [3.8, 4) is 5.75 Å². The third-order valence-corrected chi connectivity index (χ3v) is 7.32. The molecule has 3 N–H and O–H groups in total. The van der Waals surface area contributed by atoms with E-state index in [1.807, 2.05) is 43.0 Å². The number of likely N-dealkylation sites (tertiary alicyclic amines) is 1. The van der Waals surface area contributed by atoms with Crippen LogP contribution < -0.4 is 15.4 Å². The molecule has 2 aromatic rings. The number of urea groups is 1. The Balaban J connectivity index is 1.68. The summed E-state index contributed by atoms with van der Waals surface area (Å²) in [5.41, 5.74) is 1.27. The van der Waals surface area contributed by atoms with Crippen LogP contribution in [0.3, 0.4) is 0 Å². The Labute approximate surface area is 242 Å². The molecule has 1 aliphatic heterocycles. The van der Waals surface area contributed by atoms with Crippen molar-refractivity contribution in [1.82, 2.24) is 20.4 Å². The number of carbonyl (C=O) groups excluding carboxylic acids is 2. The molecule has 10 heteroatoms. The first-order chi connectivity index (χ1) is 19.7. The number of amides is 3. The van der Waals surface area contributed by atoms with E-state index in [1.54, 1.807) is 12.0 Å². The lowest BCUT2D eigenvalue weighted by molar-refractivity contribution is -0.137. The molecule has 3 rings (SSSR count). The zero-order chi connectivity index (χ0) is 29.8. The van der Waals surface area contributed by atoms with Crippen LogP contribution in [-0.2, 0) is 17.8 Å². The molecule has 0 bridgehead atoms. The number of benzene rings is 2. The normalized spacial score (nSPS) is 16.6. The maximum absolute atomic E-state index is 13.9. The Morgan fingerprint density at radius 2 is 1.80 bits per heavy atom. The van der Waals surface area contributed by atoms with E-state index in [0.29, 0.717) is 50.5 Å². The van der Waals surface area contributed by atoms with Gasteiger partial charge in [-0.05, 0) is 67.5 Å². The van der Waals surface area contributed by atoms with Gasteiger partial charge in [0.1, 0.15) is 17.4 Å². The Morgan fingerprint density at radius 3 is 2.46 bits per heavy atom. The van der Waals surface area contributed by atoms with E-state index in [2.05, 4.69) is 10.6 Å². The lowest BCUT2D eigenvalue weighted by Crippen LogP contribution is -2.55. The van der Waals surface area contributed by atoms with Gasteiger partial charge in [0.25, 0.3) is 0 Å². The van der Waals surface area contributed by atoms with Crippen molar-refractivity contribution in [1.29, 1.82) is 0 Å². The lowest BCUT2D eigenvalue weighted by Gasteiger charge is -2.36. The predicted octanol–water partition coefficient (Wildman–Crippen LogP) is 4.11. The molecule has 1 aliphatic rings. The van der Waals surface area contributed by atoms with Crippen molar-refractivity contribution in [2.75, 3.05) is 39.8 Å². The van der Waals surface area contributed by atoms with E-state index in [4.69, 9.17) is 4.74 Å². The van der Waals surface area contributed by atoms with E-state index < -0.39 is 29.8 Å². The van der Waals surface area contributed by atoms with E-state index in [9.17, 15) is 23.5 Å². The maximum atomic E-state index is 13.9. The summed E-state index contributed by atoms with van der Waals surface area (Å²) in [5, 5.41) is 17.2. The molecule has 0 saturated carbocycles. The number of piperidine rings is 1. The number of hydrogen-bond donors (Lipinski definition) is 3. The molecule has 41 heavy (non-hydrogen) atoms. The zero-order valence-corrected chi connectivity index (χ0v) is 24.4. The highest BCUT2D eigenvalue weighted by Gasteiger charge is 2.32. The first kappa shape index (κ1) is 32.3. The SMILES string of the molecule is CCCN(CCC)C(=O)C1CCCN(C(=O)N[C@H](Cc2cc(F)cc(F)c2)[C@@H](O)CNCc2cccc(OC)c2)C1. The van der Waals surface area contributed by atoms with Gasteiger partial charge in [-0.1, -0.05) is 26.0 Å². The maximum Gasteiger partial charge on any atom is 0.317 e. The van der Waals surface area contributed by atoms with Crippen LogP contribution in [0.2, 0.25) is 0 Å². The van der Waals surface area contributed by atoms with Gasteiger partial charge in [-0.3, -0.25) is 4.79 Å². The van der Waals surface area contributed by atoms with Crippen molar-refractivity contribution in [2.45, 2.75) is 64.6 Å². The van der Waals surface area contributed by atoms with E-state index in [1.165, 1.54) is 12.1 Å². The fourth-order valence-electron chi connectivity index (χ4n) is 5.30. The average Bonchev–Trinajstić information content (AvgIpc) is 2.96. The third-order valence-electron chi connectivity index (χ3n) is 7.32. The van der Waals surface area contributed by atoms with Crippen molar-refractivity contribution >= 4 is 11.9 Å². The second-order valence-corrected chi connectivity index (χ2v) is 10.7. The smallest absolute Gasteiger partial charge is 0.317 e. The van der Waals surface area contributed by atoms with Gasteiger partial charge in [-0.25, -0.2) is 13.6 Å². The van der Waals surface area contributed by atoms with Crippen LogP contribution in [-0.4, -0.2) is 78.8 Å². The monoisotopic (exact) mass is 574 g/mol. The van der Waals surface area contributed by atoms with Gasteiger partial charge in [0, 0.05) is 45.3 Å². The number of rotatable bonds is 14. The van der Waals surface area contributed by atoms with Crippen LogP contribution in [0.15, 0.2) is 42.5 Å². The standard InChI is InChI=1S/C31H44F2N4O4/c1-4-11-36(12-5-2)30(39)24-9-7-13-37(21-24)31(40)35-28(17-23-14-25(32)18-26(33)15-23)29(38)20-34-19-22-8-6-10-27(16-22)41-3/h6,8,10,14-16,18,24,28-29,34,38H,4-5,7,9,11-13,17,19-21H2,1-3H3,(H,35,40)/t24?,28-,29+/m1/s1. The zero-order valence-electron chi connectivity index (χ0n) is 24.4. The number of nitrogens with zero attached hydrogens (tertiary/aromatic N) is 2. The van der Waals surface area contributed by atoms with Crippen molar-refractivity contribution < 1.29 is 28.2 Å². The van der Waals surface area contributed by atoms with Crippen LogP contribution in [0.5, 0.6) is 5.75 Å². The van der Waals surface area contributed by atoms with Gasteiger partial charge in [0.15, 0.2) is 0 Å². The lowest BCUT2D eigenvalue weighted by atomic mass is 9.96. The fraction of sp³-hybridized carbons (Fsp3) is 0.548. The van der Waals surface area contributed by atoms with E-state index in [0.717, 1.165) is 30.9 Å². The molecule has 1 fully saturated rings. The summed E-state index contributed by atoms with van der Waals surface area (Å²) in [4.78, 5) is 30.1. The summed E-state index contributed by atoms with van der Waals surface area (Å²) in [6, 6.07) is 9.46. The Bertz CT molecular complexity index is 1110. The van der Waals surface area contributed by atoms with Crippen molar-refractivity contribution in [3.63, 3.8) is 0 Å². The van der Waals surface area contributed by atoms with Crippen LogP contribution >= 0.6 is 0 Å². The summed E-state index contributed by atoms with van der Waals surface area (Å²) in [7, 11) is 1.59. The largest absolute Gasteiger partial charge is 0.497 e. The van der Waals surface area contributed by atoms with Gasteiger partial charge < -0.3 is 30.3 Å². The molecule has 8 nitrogen and oxygen atoms in total. The molecular weight excluding hydrogens is 530 g/mol. The molecule has 0 spiro atoms. The highest BCUT2D eigenvalue weighted by molar-refractivity contribution is 5.81. The quantitative estimate of drug-likeness (QED) is 0.316. The minimum atomic E-state index is -1.05. The molecule has 0 aromatic heterocycles. The summed E-state index contributed by atoms with van der Waals surface area (Å²) in [6.07, 6.45) is 2.13. The summed E-state index contributed by atoms with van der Waals surface area (Å²) in [5.74, 6) is -0.944. The van der Waals surface area contributed by atoms with Crippen LogP contribution in [0, 0.1) is 17.6 Å².